The SMILES string of the molecule is CS(=O)(=O)NCc1ccc(N)c(C(N)=O)c1. The van der Waals surface area contributed by atoms with E-state index in [0.717, 1.165) is 6.26 Å². The number of carbonyl (C=O) groups excluding carboxylic acids is 1. The summed E-state index contributed by atoms with van der Waals surface area (Å²) >= 11 is 0. The van der Waals surface area contributed by atoms with Crippen molar-refractivity contribution in [2.75, 3.05) is 12.0 Å². The summed E-state index contributed by atoms with van der Waals surface area (Å²) in [5.41, 5.74) is 11.7. The van der Waals surface area contributed by atoms with E-state index in [9.17, 15) is 13.2 Å². The molecule has 1 rings (SSSR count). The van der Waals surface area contributed by atoms with Gasteiger partial charge in [-0.25, -0.2) is 13.1 Å². The fraction of sp³-hybridized carbons (Fsp3) is 0.222. The molecule has 0 heterocycles. The lowest BCUT2D eigenvalue weighted by molar-refractivity contribution is 0.100. The molecule has 0 aromatic heterocycles. The van der Waals surface area contributed by atoms with Crippen LogP contribution in [-0.2, 0) is 16.6 Å². The molecule has 0 unspecified atom stereocenters. The van der Waals surface area contributed by atoms with Crippen LogP contribution in [-0.4, -0.2) is 20.6 Å². The molecule has 0 bridgehead atoms. The first-order valence-corrected chi connectivity index (χ1v) is 6.31. The number of nitrogens with two attached hydrogens (primary N) is 2. The highest BCUT2D eigenvalue weighted by Crippen LogP contribution is 2.13. The molecule has 0 aliphatic rings. The lowest BCUT2D eigenvalue weighted by atomic mass is 10.1. The summed E-state index contributed by atoms with van der Waals surface area (Å²) in [4.78, 5) is 11.0. The van der Waals surface area contributed by atoms with Gasteiger partial charge in [-0.05, 0) is 17.7 Å². The Labute approximate surface area is 93.7 Å². The second kappa shape index (κ2) is 4.50. The Kier molecular flexibility index (Phi) is 3.51. The van der Waals surface area contributed by atoms with Gasteiger partial charge < -0.3 is 11.5 Å². The van der Waals surface area contributed by atoms with E-state index < -0.39 is 15.9 Å². The van der Waals surface area contributed by atoms with E-state index in [0.29, 0.717) is 5.56 Å². The smallest absolute Gasteiger partial charge is 0.250 e. The van der Waals surface area contributed by atoms with Gasteiger partial charge in [-0.2, -0.15) is 0 Å². The molecule has 1 aromatic rings. The maximum Gasteiger partial charge on any atom is 0.250 e. The Morgan fingerprint density at radius 2 is 2.06 bits per heavy atom. The average molecular weight is 243 g/mol. The van der Waals surface area contributed by atoms with Gasteiger partial charge in [-0.1, -0.05) is 6.07 Å². The summed E-state index contributed by atoms with van der Waals surface area (Å²) in [6.07, 6.45) is 1.05. The number of nitrogens with one attached hydrogen (secondary N) is 1. The normalized spacial score (nSPS) is 11.3. The zero-order valence-corrected chi connectivity index (χ0v) is 9.54. The van der Waals surface area contributed by atoms with E-state index in [1.807, 2.05) is 0 Å². The molecular formula is C9H13N3O3S. The fourth-order valence-corrected chi connectivity index (χ4v) is 1.57. The number of amides is 1. The number of rotatable bonds is 4. The van der Waals surface area contributed by atoms with E-state index in [4.69, 9.17) is 11.5 Å². The number of primary amides is 1. The third-order valence-electron chi connectivity index (χ3n) is 1.92. The van der Waals surface area contributed by atoms with Gasteiger partial charge in [-0.15, -0.1) is 0 Å². The van der Waals surface area contributed by atoms with Crippen LogP contribution in [0.1, 0.15) is 15.9 Å². The number of hydrogen-bond acceptors (Lipinski definition) is 4. The molecule has 0 saturated carbocycles. The van der Waals surface area contributed by atoms with Crippen LogP contribution in [0.15, 0.2) is 18.2 Å². The van der Waals surface area contributed by atoms with Gasteiger partial charge in [0.25, 0.3) is 5.91 Å². The van der Waals surface area contributed by atoms with Crippen molar-refractivity contribution in [3.8, 4) is 0 Å². The van der Waals surface area contributed by atoms with Crippen molar-refractivity contribution in [2.24, 2.45) is 5.73 Å². The van der Waals surface area contributed by atoms with E-state index in [-0.39, 0.29) is 17.8 Å². The van der Waals surface area contributed by atoms with Gasteiger partial charge in [0.2, 0.25) is 10.0 Å². The van der Waals surface area contributed by atoms with Crippen LogP contribution in [0.4, 0.5) is 5.69 Å². The largest absolute Gasteiger partial charge is 0.398 e. The van der Waals surface area contributed by atoms with Gasteiger partial charge >= 0.3 is 0 Å². The standard InChI is InChI=1S/C9H13N3O3S/c1-16(14,15)12-5-6-2-3-8(10)7(4-6)9(11)13/h2-4,12H,5,10H2,1H3,(H2,11,13). The number of nitrogen functional groups attached to an aromatic ring is 1. The van der Waals surface area contributed by atoms with Gasteiger partial charge in [-0.3, -0.25) is 4.79 Å². The van der Waals surface area contributed by atoms with Crippen LogP contribution in [0.25, 0.3) is 0 Å². The Morgan fingerprint density at radius 1 is 1.44 bits per heavy atom. The van der Waals surface area contributed by atoms with Crippen LogP contribution < -0.4 is 16.2 Å². The first kappa shape index (κ1) is 12.5. The molecular weight excluding hydrogens is 230 g/mol. The predicted molar refractivity (Wildman–Crippen MR) is 61.1 cm³/mol. The molecule has 1 amide bonds. The molecule has 0 atom stereocenters. The molecule has 7 heteroatoms. The van der Waals surface area contributed by atoms with Gasteiger partial charge in [0, 0.05) is 12.2 Å². The van der Waals surface area contributed by atoms with Gasteiger partial charge in [0.05, 0.1) is 11.8 Å². The monoisotopic (exact) mass is 243 g/mol. The molecule has 0 aliphatic carbocycles. The number of carbonyl (C=O) groups is 1. The second-order valence-electron chi connectivity index (χ2n) is 3.38. The summed E-state index contributed by atoms with van der Waals surface area (Å²) in [5, 5.41) is 0. The maximum absolute atomic E-state index is 11.0. The van der Waals surface area contributed by atoms with Crippen molar-refractivity contribution in [3.05, 3.63) is 29.3 Å². The van der Waals surface area contributed by atoms with Crippen molar-refractivity contribution >= 4 is 21.6 Å². The number of sulfonamides is 1. The van der Waals surface area contributed by atoms with Crippen LogP contribution in [0.5, 0.6) is 0 Å². The lowest BCUT2D eigenvalue weighted by Gasteiger charge is -2.06. The quantitative estimate of drug-likeness (QED) is 0.613. The molecule has 0 fully saturated rings. The Bertz CT molecular complexity index is 511. The molecule has 5 N–H and O–H groups in total. The molecule has 16 heavy (non-hydrogen) atoms. The van der Waals surface area contributed by atoms with Crippen LogP contribution >= 0.6 is 0 Å². The minimum atomic E-state index is -3.26. The molecule has 88 valence electrons. The fourth-order valence-electron chi connectivity index (χ4n) is 1.14. The van der Waals surface area contributed by atoms with Crippen LogP contribution in [0.3, 0.4) is 0 Å². The highest BCUT2D eigenvalue weighted by Gasteiger charge is 2.07. The predicted octanol–water partition coefficient (Wildman–Crippen LogP) is -0.583. The number of hydrogen-bond donors (Lipinski definition) is 3. The van der Waals surface area contributed by atoms with Crippen LogP contribution in [0, 0.1) is 0 Å². The maximum atomic E-state index is 11.0. The zero-order chi connectivity index (χ0) is 12.3. The summed E-state index contributed by atoms with van der Waals surface area (Å²) in [6, 6.07) is 4.61. The first-order valence-electron chi connectivity index (χ1n) is 4.42. The topological polar surface area (TPSA) is 115 Å². The zero-order valence-electron chi connectivity index (χ0n) is 8.73. The molecule has 0 aliphatic heterocycles. The Balaban J connectivity index is 2.91. The van der Waals surface area contributed by atoms with Gasteiger partial charge in [0.1, 0.15) is 0 Å². The van der Waals surface area contributed by atoms with Crippen molar-refractivity contribution in [1.82, 2.24) is 4.72 Å². The van der Waals surface area contributed by atoms with Gasteiger partial charge in [0.15, 0.2) is 0 Å². The third-order valence-corrected chi connectivity index (χ3v) is 2.59. The minimum Gasteiger partial charge on any atom is -0.398 e. The number of anilines is 1. The summed E-state index contributed by atoms with van der Waals surface area (Å²) in [6.45, 7) is 0.0966. The molecule has 0 radical (unpaired) electrons. The average Bonchev–Trinajstić information content (AvgIpc) is 2.14. The van der Waals surface area contributed by atoms with Crippen molar-refractivity contribution < 1.29 is 13.2 Å². The van der Waals surface area contributed by atoms with Crippen molar-refractivity contribution in [1.29, 1.82) is 0 Å². The Morgan fingerprint density at radius 3 is 2.56 bits per heavy atom. The van der Waals surface area contributed by atoms with E-state index >= 15 is 0 Å². The lowest BCUT2D eigenvalue weighted by Crippen LogP contribution is -2.22. The van der Waals surface area contributed by atoms with E-state index in [1.165, 1.54) is 12.1 Å². The summed E-state index contributed by atoms with van der Waals surface area (Å²) in [5.74, 6) is -0.640. The van der Waals surface area contributed by atoms with E-state index in [2.05, 4.69) is 4.72 Å². The van der Waals surface area contributed by atoms with E-state index in [1.54, 1.807) is 6.07 Å². The molecule has 0 saturated heterocycles. The second-order valence-corrected chi connectivity index (χ2v) is 5.21. The highest BCUT2D eigenvalue weighted by atomic mass is 32.2. The van der Waals surface area contributed by atoms with Crippen molar-refractivity contribution in [2.45, 2.75) is 6.54 Å². The van der Waals surface area contributed by atoms with Crippen LogP contribution in [0.2, 0.25) is 0 Å². The highest BCUT2D eigenvalue weighted by molar-refractivity contribution is 7.88. The Hall–Kier alpha value is -1.60. The van der Waals surface area contributed by atoms with Crippen molar-refractivity contribution in [3.63, 3.8) is 0 Å². The number of benzene rings is 1. The molecule has 1 aromatic carbocycles. The first-order chi connectivity index (χ1) is 7.29. The molecule has 0 spiro atoms. The third kappa shape index (κ3) is 3.52. The summed E-state index contributed by atoms with van der Waals surface area (Å²) < 4.78 is 24.0. The minimum absolute atomic E-state index is 0.0966. The summed E-state index contributed by atoms with van der Waals surface area (Å²) in [7, 11) is -3.26. The molecule has 6 nitrogen and oxygen atoms in total.